The average Bonchev–Trinajstić information content (AvgIpc) is 2.35. The Balaban J connectivity index is 3.51. The second kappa shape index (κ2) is 6.35. The quantitative estimate of drug-likeness (QED) is 0.473. The number of carbonyl (C=O) groups excluding carboxylic acids is 1. The molecule has 0 saturated heterocycles. The largest absolute Gasteiger partial charge is 0.573 e. The van der Waals surface area contributed by atoms with Gasteiger partial charge in [0, 0.05) is 4.90 Å². The van der Waals surface area contributed by atoms with Gasteiger partial charge in [0.2, 0.25) is 0 Å². The molecule has 0 radical (unpaired) electrons. The van der Waals surface area contributed by atoms with E-state index in [1.165, 1.54) is 6.07 Å². The van der Waals surface area contributed by atoms with Gasteiger partial charge >= 0.3 is 17.8 Å². The molecule has 4 nitrogen and oxygen atoms in total. The third kappa shape index (κ3) is 4.73. The molecule has 120 valence electrons. The molecule has 0 atom stereocenters. The molecule has 0 N–H and O–H groups in total. The molecule has 0 heterocycles. The third-order valence-corrected chi connectivity index (χ3v) is 2.87. The summed E-state index contributed by atoms with van der Waals surface area (Å²) in [6, 6.07) is 2.33. The highest BCUT2D eigenvalue weighted by atomic mass is 32.2. The number of benzene rings is 1. The lowest BCUT2D eigenvalue weighted by molar-refractivity contribution is -0.274. The molecule has 1 aromatic carbocycles. The van der Waals surface area contributed by atoms with Crippen molar-refractivity contribution in [2.75, 3.05) is 7.11 Å². The molecule has 1 rings (SSSR count). The van der Waals surface area contributed by atoms with Crippen LogP contribution in [0.2, 0.25) is 0 Å². The fraction of sp³-hybridized carbons (Fsp3) is 0.273. The summed E-state index contributed by atoms with van der Waals surface area (Å²) in [6.45, 7) is 0. The number of nitrogens with zero attached hydrogens (tertiary/aromatic N) is 1. The SMILES string of the molecule is COC(=O)c1c(SC(F)(F)F)ccc(OC(F)(F)F)c1C#N. The Kier molecular flexibility index (Phi) is 5.18. The van der Waals surface area contributed by atoms with Gasteiger partial charge in [0.1, 0.15) is 17.4 Å². The molecular formula is C11H5F6NO3S. The van der Waals surface area contributed by atoms with Crippen LogP contribution < -0.4 is 4.74 Å². The van der Waals surface area contributed by atoms with E-state index in [1.807, 2.05) is 0 Å². The predicted molar refractivity (Wildman–Crippen MR) is 61.1 cm³/mol. The molecule has 1 aromatic rings. The Morgan fingerprint density at radius 1 is 1.23 bits per heavy atom. The van der Waals surface area contributed by atoms with Crippen LogP contribution in [0.4, 0.5) is 26.3 Å². The lowest BCUT2D eigenvalue weighted by atomic mass is 10.1. The molecule has 0 aliphatic heterocycles. The van der Waals surface area contributed by atoms with Gasteiger partial charge in [0.05, 0.1) is 12.7 Å². The Bertz CT molecular complexity index is 620. The van der Waals surface area contributed by atoms with Crippen LogP contribution in [-0.4, -0.2) is 24.9 Å². The second-order valence-electron chi connectivity index (χ2n) is 3.51. The van der Waals surface area contributed by atoms with E-state index >= 15 is 0 Å². The second-order valence-corrected chi connectivity index (χ2v) is 4.62. The molecule has 11 heteroatoms. The number of ether oxygens (including phenoxy) is 2. The minimum absolute atomic E-state index is 0.520. The van der Waals surface area contributed by atoms with E-state index in [0.717, 1.165) is 7.11 Å². The van der Waals surface area contributed by atoms with Crippen LogP contribution >= 0.6 is 11.8 Å². The van der Waals surface area contributed by atoms with Crippen molar-refractivity contribution in [3.8, 4) is 11.8 Å². The van der Waals surface area contributed by atoms with Gasteiger partial charge in [0.25, 0.3) is 0 Å². The average molecular weight is 345 g/mol. The molecule has 0 spiro atoms. The van der Waals surface area contributed by atoms with Crippen molar-refractivity contribution in [1.29, 1.82) is 5.26 Å². The number of alkyl halides is 6. The highest BCUT2D eigenvalue weighted by Crippen LogP contribution is 2.42. The van der Waals surface area contributed by atoms with Crippen LogP contribution in [0, 0.1) is 11.3 Å². The van der Waals surface area contributed by atoms with E-state index in [9.17, 15) is 31.1 Å². The molecular weight excluding hydrogens is 340 g/mol. The number of hydrogen-bond donors (Lipinski definition) is 0. The number of rotatable bonds is 3. The number of esters is 1. The van der Waals surface area contributed by atoms with Gasteiger partial charge in [-0.2, -0.15) is 18.4 Å². The molecule has 0 aliphatic carbocycles. The first-order valence-electron chi connectivity index (χ1n) is 5.15. The van der Waals surface area contributed by atoms with Crippen LogP contribution in [0.1, 0.15) is 15.9 Å². The number of carbonyl (C=O) groups is 1. The maximum absolute atomic E-state index is 12.4. The molecule has 0 fully saturated rings. The maximum Gasteiger partial charge on any atom is 0.573 e. The Hall–Kier alpha value is -2.09. The molecule has 0 amide bonds. The number of hydrogen-bond acceptors (Lipinski definition) is 5. The summed E-state index contributed by atoms with van der Waals surface area (Å²) in [5.74, 6) is -2.49. The van der Waals surface area contributed by atoms with Crippen molar-refractivity contribution in [2.24, 2.45) is 0 Å². The highest BCUT2D eigenvalue weighted by Gasteiger charge is 2.36. The van der Waals surface area contributed by atoms with Crippen LogP contribution in [-0.2, 0) is 4.74 Å². The highest BCUT2D eigenvalue weighted by molar-refractivity contribution is 8.00. The smallest absolute Gasteiger partial charge is 0.465 e. The minimum Gasteiger partial charge on any atom is -0.465 e. The van der Waals surface area contributed by atoms with Crippen LogP contribution in [0.5, 0.6) is 5.75 Å². The normalized spacial score (nSPS) is 11.7. The summed E-state index contributed by atoms with van der Waals surface area (Å²) >= 11 is -0.761. The number of halogens is 6. The Morgan fingerprint density at radius 2 is 1.82 bits per heavy atom. The lowest BCUT2D eigenvalue weighted by Gasteiger charge is -2.15. The topological polar surface area (TPSA) is 59.3 Å². The van der Waals surface area contributed by atoms with Gasteiger partial charge in [-0.15, -0.1) is 13.2 Å². The van der Waals surface area contributed by atoms with E-state index in [0.29, 0.717) is 12.1 Å². The first kappa shape index (κ1) is 18.0. The van der Waals surface area contributed by atoms with Gasteiger partial charge in [-0.05, 0) is 23.9 Å². The van der Waals surface area contributed by atoms with Crippen LogP contribution in [0.25, 0.3) is 0 Å². The van der Waals surface area contributed by atoms with Crippen molar-refractivity contribution in [3.05, 3.63) is 23.3 Å². The number of nitriles is 1. The summed E-state index contributed by atoms with van der Waals surface area (Å²) in [5, 5.41) is 8.87. The fourth-order valence-electron chi connectivity index (χ4n) is 1.40. The van der Waals surface area contributed by atoms with Crippen LogP contribution in [0.3, 0.4) is 0 Å². The van der Waals surface area contributed by atoms with Crippen molar-refractivity contribution < 1.29 is 40.6 Å². The Labute approximate surface area is 123 Å². The number of methoxy groups -OCH3 is 1. The minimum atomic E-state index is -5.18. The van der Waals surface area contributed by atoms with E-state index in [-0.39, 0.29) is 0 Å². The van der Waals surface area contributed by atoms with E-state index < -0.39 is 51.4 Å². The standard InChI is InChI=1S/C11H5F6NO3S/c1-20-9(19)8-5(4-18)6(21-10(12,13)14)2-3-7(8)22-11(15,16)17/h2-3H,1H3. The predicted octanol–water partition coefficient (Wildman–Crippen LogP) is 3.86. The third-order valence-electron chi connectivity index (χ3n) is 2.08. The zero-order chi connectivity index (χ0) is 17.1. The van der Waals surface area contributed by atoms with Crippen molar-refractivity contribution in [1.82, 2.24) is 0 Å². The zero-order valence-electron chi connectivity index (χ0n) is 10.5. The molecule has 0 aliphatic rings. The fourth-order valence-corrected chi connectivity index (χ4v) is 2.07. The molecule has 0 bridgehead atoms. The van der Waals surface area contributed by atoms with Crippen LogP contribution in [0.15, 0.2) is 17.0 Å². The van der Waals surface area contributed by atoms with Gasteiger partial charge < -0.3 is 9.47 Å². The maximum atomic E-state index is 12.4. The van der Waals surface area contributed by atoms with Gasteiger partial charge in [-0.25, -0.2) is 4.79 Å². The summed E-state index contributed by atoms with van der Waals surface area (Å²) in [6.07, 6.45) is -5.18. The van der Waals surface area contributed by atoms with Gasteiger partial charge in [-0.1, -0.05) is 0 Å². The monoisotopic (exact) mass is 345 g/mol. The molecule has 22 heavy (non-hydrogen) atoms. The molecule has 0 aromatic heterocycles. The van der Waals surface area contributed by atoms with E-state index in [4.69, 9.17) is 5.26 Å². The summed E-state index contributed by atoms with van der Waals surface area (Å²) in [5.41, 5.74) is -6.77. The first-order chi connectivity index (χ1) is 9.98. The first-order valence-corrected chi connectivity index (χ1v) is 5.97. The van der Waals surface area contributed by atoms with Crippen molar-refractivity contribution >= 4 is 17.7 Å². The lowest BCUT2D eigenvalue weighted by Crippen LogP contribution is -2.19. The molecule has 0 unspecified atom stereocenters. The Morgan fingerprint density at radius 3 is 2.23 bits per heavy atom. The van der Waals surface area contributed by atoms with Gasteiger partial charge in [0.15, 0.2) is 0 Å². The summed E-state index contributed by atoms with van der Waals surface area (Å²) < 4.78 is 81.6. The van der Waals surface area contributed by atoms with E-state index in [1.54, 1.807) is 0 Å². The van der Waals surface area contributed by atoms with Gasteiger partial charge in [-0.3, -0.25) is 0 Å². The number of thioether (sulfide) groups is 1. The zero-order valence-corrected chi connectivity index (χ0v) is 11.3. The van der Waals surface area contributed by atoms with E-state index in [2.05, 4.69) is 9.47 Å². The molecule has 0 saturated carbocycles. The summed E-state index contributed by atoms with van der Waals surface area (Å²) in [7, 11) is 0.808. The van der Waals surface area contributed by atoms with Crippen molar-refractivity contribution in [2.45, 2.75) is 16.8 Å². The van der Waals surface area contributed by atoms with Crippen molar-refractivity contribution in [3.63, 3.8) is 0 Å². The summed E-state index contributed by atoms with van der Waals surface area (Å²) in [4.78, 5) is 10.8.